The van der Waals surface area contributed by atoms with Crippen LogP contribution in [0.3, 0.4) is 0 Å². The zero-order valence-electron chi connectivity index (χ0n) is 14.6. The van der Waals surface area contributed by atoms with Crippen molar-refractivity contribution < 1.29 is 33.3 Å². The van der Waals surface area contributed by atoms with Gasteiger partial charge in [-0.3, -0.25) is 14.4 Å². The highest BCUT2D eigenvalue weighted by atomic mass is 16.6. The molecule has 138 valence electrons. The van der Waals surface area contributed by atoms with Gasteiger partial charge in [-0.25, -0.2) is 0 Å². The molecule has 1 aliphatic heterocycles. The van der Waals surface area contributed by atoms with Gasteiger partial charge in [0.2, 0.25) is 5.39 Å². The van der Waals surface area contributed by atoms with Crippen LogP contribution < -0.4 is 0 Å². The van der Waals surface area contributed by atoms with Crippen LogP contribution in [-0.2, 0) is 33.3 Å². The van der Waals surface area contributed by atoms with Gasteiger partial charge in [-0.1, -0.05) is 0 Å². The topological polar surface area (TPSA) is 116 Å². The minimum atomic E-state index is -1.03. The van der Waals surface area contributed by atoms with E-state index >= 15 is 0 Å². The van der Waals surface area contributed by atoms with Crippen molar-refractivity contribution in [2.24, 2.45) is 0 Å². The number of ether oxygens (including phenoxy) is 4. The van der Waals surface area contributed by atoms with E-state index in [2.05, 4.69) is 4.98 Å². The maximum Gasteiger partial charge on any atom is 0.385 e. The summed E-state index contributed by atoms with van der Waals surface area (Å²) < 4.78 is 21.5. The van der Waals surface area contributed by atoms with E-state index < -0.39 is 42.3 Å². The highest BCUT2D eigenvalue weighted by Crippen LogP contribution is 2.34. The Balaban J connectivity index is 2.37. The molecule has 0 aliphatic carbocycles. The van der Waals surface area contributed by atoms with E-state index in [-0.39, 0.29) is 6.61 Å². The number of diazo groups is 1. The van der Waals surface area contributed by atoms with Crippen LogP contribution in [0.15, 0.2) is 24.3 Å². The Morgan fingerprint density at radius 1 is 0.962 bits per heavy atom. The molecule has 0 aromatic heterocycles. The summed E-state index contributed by atoms with van der Waals surface area (Å²) in [6, 6.07) is 6.35. The number of esters is 3. The van der Waals surface area contributed by atoms with Crippen LogP contribution in [-0.4, -0.2) is 42.8 Å². The Morgan fingerprint density at radius 2 is 1.50 bits per heavy atom. The summed E-state index contributed by atoms with van der Waals surface area (Å²) in [6.45, 7) is 3.59. The van der Waals surface area contributed by atoms with Crippen molar-refractivity contribution in [2.75, 3.05) is 6.61 Å². The lowest BCUT2D eigenvalue weighted by Crippen LogP contribution is -2.54. The van der Waals surface area contributed by atoms with Crippen molar-refractivity contribution >= 4 is 23.6 Å². The SMILES string of the molecule is CC(=O)O[C@@H]1[C@@H](OC(C)=O)[C@H](c2ccc([N+]#N)cc2)OC[C@H]1OC(C)=O. The zero-order chi connectivity index (χ0) is 19.3. The predicted molar refractivity (Wildman–Crippen MR) is 86.5 cm³/mol. The summed E-state index contributed by atoms with van der Waals surface area (Å²) >= 11 is 0. The highest BCUT2D eigenvalue weighted by molar-refractivity contribution is 5.68. The Morgan fingerprint density at radius 3 is 2.00 bits per heavy atom. The molecule has 1 aromatic carbocycles. The molecular formula is C17H19N2O7+. The van der Waals surface area contributed by atoms with Crippen LogP contribution in [0.4, 0.5) is 5.69 Å². The first-order valence-electron chi connectivity index (χ1n) is 7.90. The molecule has 9 heteroatoms. The monoisotopic (exact) mass is 363 g/mol. The first-order valence-corrected chi connectivity index (χ1v) is 7.90. The number of nitrogens with zero attached hydrogens (tertiary/aromatic N) is 2. The van der Waals surface area contributed by atoms with E-state index in [4.69, 9.17) is 24.3 Å². The molecule has 9 nitrogen and oxygen atoms in total. The van der Waals surface area contributed by atoms with E-state index in [0.717, 1.165) is 0 Å². The fraction of sp³-hybridized carbons (Fsp3) is 0.471. The lowest BCUT2D eigenvalue weighted by atomic mass is 9.94. The van der Waals surface area contributed by atoms with E-state index in [9.17, 15) is 14.4 Å². The average molecular weight is 363 g/mol. The minimum absolute atomic E-state index is 0.0495. The molecule has 0 bridgehead atoms. The molecule has 1 aliphatic rings. The lowest BCUT2D eigenvalue weighted by Gasteiger charge is -2.40. The van der Waals surface area contributed by atoms with Crippen LogP contribution in [0, 0.1) is 5.39 Å². The van der Waals surface area contributed by atoms with Gasteiger partial charge in [0.25, 0.3) is 0 Å². The summed E-state index contributed by atoms with van der Waals surface area (Å²) in [5.74, 6) is -1.80. The van der Waals surface area contributed by atoms with Crippen molar-refractivity contribution in [3.8, 4) is 0 Å². The summed E-state index contributed by atoms with van der Waals surface area (Å²) in [5.41, 5.74) is 0.949. The third-order valence-electron chi connectivity index (χ3n) is 3.69. The molecule has 0 N–H and O–H groups in total. The van der Waals surface area contributed by atoms with Crippen LogP contribution in [0.25, 0.3) is 4.98 Å². The first-order chi connectivity index (χ1) is 12.3. The molecule has 0 amide bonds. The van der Waals surface area contributed by atoms with Gasteiger partial charge in [-0.05, 0) is 17.7 Å². The standard InChI is InChI=1S/C17H19N2O7/c1-9(20)24-14-8-23-15(12-4-6-13(19-18)7-5-12)17(26-11(3)22)16(14)25-10(2)21/h4-7,14-17H,8H2,1-3H3/q+1/t14-,15+,16+,17+/m1/s1. The van der Waals surface area contributed by atoms with E-state index in [1.165, 1.54) is 20.8 Å². The van der Waals surface area contributed by atoms with Crippen molar-refractivity contribution in [3.63, 3.8) is 0 Å². The van der Waals surface area contributed by atoms with Gasteiger partial charge in [0, 0.05) is 32.9 Å². The number of carbonyl (C=O) groups excluding carboxylic acids is 3. The highest BCUT2D eigenvalue weighted by Gasteiger charge is 2.47. The van der Waals surface area contributed by atoms with Gasteiger partial charge < -0.3 is 18.9 Å². The summed E-state index contributed by atoms with van der Waals surface area (Å²) in [7, 11) is 0. The summed E-state index contributed by atoms with van der Waals surface area (Å²) in [5, 5.41) is 8.79. The van der Waals surface area contributed by atoms with Gasteiger partial charge in [0.15, 0.2) is 23.3 Å². The molecule has 1 fully saturated rings. The second kappa shape index (κ2) is 8.40. The third-order valence-corrected chi connectivity index (χ3v) is 3.69. The predicted octanol–water partition coefficient (Wildman–Crippen LogP) is 2.04. The van der Waals surface area contributed by atoms with Crippen LogP contribution >= 0.6 is 0 Å². The molecule has 0 radical (unpaired) electrons. The number of hydrogen-bond acceptors (Lipinski definition) is 8. The number of hydrogen-bond donors (Lipinski definition) is 0. The Kier molecular flexibility index (Phi) is 6.25. The van der Waals surface area contributed by atoms with Crippen molar-refractivity contribution in [1.82, 2.24) is 0 Å². The Labute approximate surface area is 149 Å². The number of benzene rings is 1. The molecule has 1 heterocycles. The minimum Gasteiger partial charge on any atom is -0.456 e. The molecule has 4 atom stereocenters. The van der Waals surface area contributed by atoms with Gasteiger partial charge in [0.05, 0.1) is 6.61 Å². The molecular weight excluding hydrogens is 344 g/mol. The molecule has 2 rings (SSSR count). The van der Waals surface area contributed by atoms with E-state index in [1.54, 1.807) is 24.3 Å². The maximum atomic E-state index is 11.6. The number of carbonyl (C=O) groups is 3. The normalized spacial score (nSPS) is 24.8. The quantitative estimate of drug-likeness (QED) is 0.453. The summed E-state index contributed by atoms with van der Waals surface area (Å²) in [6.07, 6.45) is -3.72. The van der Waals surface area contributed by atoms with Gasteiger partial charge in [-0.15, -0.1) is 0 Å². The van der Waals surface area contributed by atoms with E-state index in [1.807, 2.05) is 0 Å². The molecule has 26 heavy (non-hydrogen) atoms. The van der Waals surface area contributed by atoms with Gasteiger partial charge in [0.1, 0.15) is 6.10 Å². The van der Waals surface area contributed by atoms with Crippen LogP contribution in [0.1, 0.15) is 32.4 Å². The van der Waals surface area contributed by atoms with Crippen LogP contribution in [0.2, 0.25) is 0 Å². The Hall–Kier alpha value is -2.99. The second-order valence-corrected chi connectivity index (χ2v) is 5.74. The largest absolute Gasteiger partial charge is 0.456 e. The molecule has 0 spiro atoms. The van der Waals surface area contributed by atoms with E-state index in [0.29, 0.717) is 11.3 Å². The maximum absolute atomic E-state index is 11.6. The summed E-state index contributed by atoms with van der Waals surface area (Å²) in [4.78, 5) is 37.5. The smallest absolute Gasteiger partial charge is 0.385 e. The number of rotatable bonds is 4. The molecule has 0 unspecified atom stereocenters. The second-order valence-electron chi connectivity index (χ2n) is 5.74. The van der Waals surface area contributed by atoms with Gasteiger partial charge in [-0.2, -0.15) is 0 Å². The fourth-order valence-corrected chi connectivity index (χ4v) is 2.76. The fourth-order valence-electron chi connectivity index (χ4n) is 2.76. The van der Waals surface area contributed by atoms with Crippen molar-refractivity contribution in [2.45, 2.75) is 45.2 Å². The average Bonchev–Trinajstić information content (AvgIpc) is 2.57. The molecule has 0 saturated carbocycles. The molecule has 1 aromatic rings. The third kappa shape index (κ3) is 4.77. The molecule has 1 saturated heterocycles. The Bertz CT molecular complexity index is 726. The lowest BCUT2D eigenvalue weighted by molar-refractivity contribution is -0.227. The zero-order valence-corrected chi connectivity index (χ0v) is 14.6. The first kappa shape index (κ1) is 19.3. The van der Waals surface area contributed by atoms with Crippen LogP contribution in [0.5, 0.6) is 0 Å². The van der Waals surface area contributed by atoms with Gasteiger partial charge >= 0.3 is 23.6 Å². The van der Waals surface area contributed by atoms with Crippen molar-refractivity contribution in [3.05, 3.63) is 34.8 Å². The van der Waals surface area contributed by atoms with Crippen molar-refractivity contribution in [1.29, 1.82) is 5.39 Å².